The molecule has 7 nitrogen and oxygen atoms in total. The van der Waals surface area contributed by atoms with Crippen molar-refractivity contribution in [1.82, 2.24) is 9.21 Å². The number of thioether (sulfide) groups is 1. The van der Waals surface area contributed by atoms with Crippen LogP contribution in [0.4, 0.5) is 0 Å². The molecule has 1 aromatic rings. The predicted octanol–water partition coefficient (Wildman–Crippen LogP) is 1.83. The van der Waals surface area contributed by atoms with Gasteiger partial charge >= 0.3 is 5.97 Å². The second-order valence-corrected chi connectivity index (χ2v) is 9.27. The van der Waals surface area contributed by atoms with E-state index in [-0.39, 0.29) is 29.2 Å². The summed E-state index contributed by atoms with van der Waals surface area (Å²) < 4.78 is 31.4. The Balaban J connectivity index is 1.94. The number of likely N-dealkylation sites (tertiary alicyclic amines) is 1. The molecule has 0 bridgehead atoms. The number of benzene rings is 1. The smallest absolute Gasteiger partial charge is 0.309 e. The number of hydrogen-bond donors (Lipinski definition) is 0. The molecule has 150 valence electrons. The minimum atomic E-state index is -3.73. The van der Waals surface area contributed by atoms with Gasteiger partial charge in [-0.25, -0.2) is 8.42 Å². The monoisotopic (exact) mass is 414 g/mol. The molecule has 2 rings (SSSR count). The van der Waals surface area contributed by atoms with Crippen LogP contribution in [0, 0.1) is 5.92 Å². The Morgan fingerprint density at radius 3 is 2.33 bits per heavy atom. The Morgan fingerprint density at radius 1 is 1.22 bits per heavy atom. The van der Waals surface area contributed by atoms with Crippen LogP contribution >= 0.6 is 11.8 Å². The first-order valence-corrected chi connectivity index (χ1v) is 11.5. The lowest BCUT2D eigenvalue weighted by atomic mass is 9.97. The van der Waals surface area contributed by atoms with Gasteiger partial charge in [0.2, 0.25) is 15.9 Å². The van der Waals surface area contributed by atoms with Gasteiger partial charge < -0.3 is 9.64 Å². The van der Waals surface area contributed by atoms with Crippen LogP contribution < -0.4 is 0 Å². The minimum Gasteiger partial charge on any atom is -0.466 e. The number of sulfonamides is 1. The lowest BCUT2D eigenvalue weighted by molar-refractivity contribution is -0.151. The van der Waals surface area contributed by atoms with Gasteiger partial charge in [0.25, 0.3) is 0 Å². The first-order chi connectivity index (χ1) is 12.8. The van der Waals surface area contributed by atoms with Crippen LogP contribution in [0.25, 0.3) is 0 Å². The van der Waals surface area contributed by atoms with Crippen molar-refractivity contribution < 1.29 is 22.7 Å². The molecule has 1 aliphatic heterocycles. The van der Waals surface area contributed by atoms with E-state index in [1.807, 2.05) is 6.26 Å². The number of esters is 1. The molecule has 0 saturated carbocycles. The number of piperidine rings is 1. The van der Waals surface area contributed by atoms with Crippen molar-refractivity contribution in [3.05, 3.63) is 24.3 Å². The molecule has 0 unspecified atom stereocenters. The number of amides is 1. The van der Waals surface area contributed by atoms with Crippen LogP contribution in [0.1, 0.15) is 19.8 Å². The fourth-order valence-electron chi connectivity index (χ4n) is 2.93. The Labute approximate surface area is 165 Å². The molecular formula is C18H26N2O5S2. The van der Waals surface area contributed by atoms with Gasteiger partial charge in [-0.15, -0.1) is 11.8 Å². The number of hydrogen-bond acceptors (Lipinski definition) is 6. The van der Waals surface area contributed by atoms with Gasteiger partial charge in [-0.2, -0.15) is 4.31 Å². The van der Waals surface area contributed by atoms with E-state index in [1.165, 1.54) is 18.8 Å². The normalized spacial score (nSPS) is 15.8. The Bertz CT molecular complexity index is 756. The van der Waals surface area contributed by atoms with E-state index in [1.54, 1.807) is 36.1 Å². The van der Waals surface area contributed by atoms with Crippen LogP contribution in [-0.4, -0.2) is 69.0 Å². The van der Waals surface area contributed by atoms with Crippen LogP contribution in [0.3, 0.4) is 0 Å². The molecule has 27 heavy (non-hydrogen) atoms. The predicted molar refractivity (Wildman–Crippen MR) is 104 cm³/mol. The summed E-state index contributed by atoms with van der Waals surface area (Å²) in [6, 6.07) is 6.58. The summed E-state index contributed by atoms with van der Waals surface area (Å²) in [6.07, 6.45) is 2.99. The van der Waals surface area contributed by atoms with Gasteiger partial charge in [0.15, 0.2) is 0 Å². The van der Waals surface area contributed by atoms with Gasteiger partial charge in [0.1, 0.15) is 0 Å². The SMILES string of the molecule is CCOC(=O)C1CCN(C(=O)CN(C)S(=O)(=O)c2ccc(SC)cc2)CC1. The highest BCUT2D eigenvalue weighted by Gasteiger charge is 2.30. The third kappa shape index (κ3) is 5.46. The number of likely N-dealkylation sites (N-methyl/N-ethyl adjacent to an activating group) is 1. The summed E-state index contributed by atoms with van der Waals surface area (Å²) in [5, 5.41) is 0. The zero-order valence-corrected chi connectivity index (χ0v) is 17.5. The van der Waals surface area contributed by atoms with E-state index >= 15 is 0 Å². The maximum Gasteiger partial charge on any atom is 0.309 e. The molecule has 0 N–H and O–H groups in total. The van der Waals surface area contributed by atoms with Crippen molar-refractivity contribution in [2.24, 2.45) is 5.92 Å². The number of carbonyl (C=O) groups is 2. The molecule has 1 fully saturated rings. The Kier molecular flexibility index (Phi) is 7.69. The van der Waals surface area contributed by atoms with Crippen molar-refractivity contribution in [2.75, 3.05) is 39.5 Å². The van der Waals surface area contributed by atoms with Crippen LogP contribution in [0.5, 0.6) is 0 Å². The molecule has 0 atom stereocenters. The van der Waals surface area contributed by atoms with E-state index < -0.39 is 10.0 Å². The average Bonchev–Trinajstić information content (AvgIpc) is 2.68. The number of carbonyl (C=O) groups excluding carboxylic acids is 2. The largest absolute Gasteiger partial charge is 0.466 e. The summed E-state index contributed by atoms with van der Waals surface area (Å²) in [6.45, 7) is 2.74. The molecule has 1 saturated heterocycles. The average molecular weight is 415 g/mol. The maximum absolute atomic E-state index is 12.7. The molecule has 0 aromatic heterocycles. The van der Waals surface area contributed by atoms with Gasteiger partial charge in [-0.1, -0.05) is 0 Å². The van der Waals surface area contributed by atoms with Crippen molar-refractivity contribution in [1.29, 1.82) is 0 Å². The van der Waals surface area contributed by atoms with E-state index in [9.17, 15) is 18.0 Å². The van der Waals surface area contributed by atoms with E-state index in [0.29, 0.717) is 32.5 Å². The first kappa shape index (κ1) is 21.7. The number of rotatable bonds is 7. The van der Waals surface area contributed by atoms with Crippen molar-refractivity contribution in [3.8, 4) is 0 Å². The molecule has 1 amide bonds. The molecule has 1 heterocycles. The lowest BCUT2D eigenvalue weighted by Crippen LogP contribution is -2.45. The van der Waals surface area contributed by atoms with Gasteiger partial charge in [-0.05, 0) is 50.3 Å². The lowest BCUT2D eigenvalue weighted by Gasteiger charge is -2.32. The summed E-state index contributed by atoms with van der Waals surface area (Å²) in [5.74, 6) is -0.674. The van der Waals surface area contributed by atoms with Crippen LogP contribution in [-0.2, 0) is 24.3 Å². The topological polar surface area (TPSA) is 84.0 Å². The van der Waals surface area contributed by atoms with Crippen molar-refractivity contribution in [3.63, 3.8) is 0 Å². The second kappa shape index (κ2) is 9.57. The fourth-order valence-corrected chi connectivity index (χ4v) is 4.46. The second-order valence-electron chi connectivity index (χ2n) is 6.34. The zero-order chi connectivity index (χ0) is 20.0. The summed E-state index contributed by atoms with van der Waals surface area (Å²) in [7, 11) is -2.32. The Hall–Kier alpha value is -1.58. The molecule has 0 aliphatic carbocycles. The van der Waals surface area contributed by atoms with Gasteiger partial charge in [-0.3, -0.25) is 9.59 Å². The maximum atomic E-state index is 12.7. The Morgan fingerprint density at radius 2 is 1.81 bits per heavy atom. The summed E-state index contributed by atoms with van der Waals surface area (Å²) in [5.41, 5.74) is 0. The standard InChI is InChI=1S/C18H26N2O5S2/c1-4-25-18(22)14-9-11-20(12-10-14)17(21)13-19(2)27(23,24)16-7-5-15(26-3)6-8-16/h5-8,14H,4,9-13H2,1-3H3. The molecule has 9 heteroatoms. The molecule has 0 spiro atoms. The highest BCUT2D eigenvalue weighted by atomic mass is 32.2. The van der Waals surface area contributed by atoms with E-state index in [2.05, 4.69) is 0 Å². The molecule has 0 radical (unpaired) electrons. The van der Waals surface area contributed by atoms with Gasteiger partial charge in [0.05, 0.1) is 24.0 Å². The van der Waals surface area contributed by atoms with Crippen molar-refractivity contribution >= 4 is 33.7 Å². The first-order valence-electron chi connectivity index (χ1n) is 8.84. The van der Waals surface area contributed by atoms with Crippen LogP contribution in [0.2, 0.25) is 0 Å². The number of ether oxygens (including phenoxy) is 1. The minimum absolute atomic E-state index is 0.164. The quantitative estimate of drug-likeness (QED) is 0.500. The highest BCUT2D eigenvalue weighted by Crippen LogP contribution is 2.21. The van der Waals surface area contributed by atoms with Crippen LogP contribution in [0.15, 0.2) is 34.1 Å². The highest BCUT2D eigenvalue weighted by molar-refractivity contribution is 7.98. The zero-order valence-electron chi connectivity index (χ0n) is 15.9. The summed E-state index contributed by atoms with van der Waals surface area (Å²) in [4.78, 5) is 27.0. The molecule has 1 aromatic carbocycles. The van der Waals surface area contributed by atoms with Crippen molar-refractivity contribution in [2.45, 2.75) is 29.6 Å². The fraction of sp³-hybridized carbons (Fsp3) is 0.556. The molecule has 1 aliphatic rings. The van der Waals surface area contributed by atoms with Gasteiger partial charge in [0, 0.05) is 25.0 Å². The molecular weight excluding hydrogens is 388 g/mol. The third-order valence-electron chi connectivity index (χ3n) is 4.59. The van der Waals surface area contributed by atoms with E-state index in [0.717, 1.165) is 9.20 Å². The number of nitrogens with zero attached hydrogens (tertiary/aromatic N) is 2. The summed E-state index contributed by atoms with van der Waals surface area (Å²) >= 11 is 1.53. The van der Waals surface area contributed by atoms with E-state index in [4.69, 9.17) is 4.74 Å². The third-order valence-corrected chi connectivity index (χ3v) is 7.15.